The van der Waals surface area contributed by atoms with E-state index < -0.39 is 0 Å². The van der Waals surface area contributed by atoms with Crippen LogP contribution in [0.4, 0.5) is 5.82 Å². The largest absolute Gasteiger partial charge is 0.383 e. The molecule has 2 aliphatic rings. The Kier molecular flexibility index (Phi) is 6.19. The number of aromatic nitrogens is 2. The molecule has 10 heteroatoms. The number of rotatable bonds is 5. The summed E-state index contributed by atoms with van der Waals surface area (Å²) in [5.74, 6) is 0.345. The van der Waals surface area contributed by atoms with E-state index in [1.54, 1.807) is 19.4 Å². The highest BCUT2D eigenvalue weighted by Gasteiger charge is 2.32. The van der Waals surface area contributed by atoms with E-state index >= 15 is 0 Å². The highest BCUT2D eigenvalue weighted by Crippen LogP contribution is 2.33. The van der Waals surface area contributed by atoms with Crippen LogP contribution in [0.1, 0.15) is 11.1 Å². The van der Waals surface area contributed by atoms with Crippen LogP contribution in [0, 0.1) is 6.92 Å². The minimum absolute atomic E-state index is 0.215. The lowest BCUT2D eigenvalue weighted by Gasteiger charge is -2.29. The monoisotopic (exact) mass is 446 g/mol. The number of morpholine rings is 1. The molecule has 0 saturated carbocycles. The lowest BCUT2D eigenvalue weighted by Crippen LogP contribution is -2.38. The van der Waals surface area contributed by atoms with Gasteiger partial charge >= 0.3 is 0 Å². The Hall–Kier alpha value is -2.27. The number of methoxy groups -OCH3 is 1. The summed E-state index contributed by atoms with van der Waals surface area (Å²) in [5, 5.41) is 0. The quantitative estimate of drug-likeness (QED) is 0.507. The molecule has 2 saturated heterocycles. The molecular formula is C20H22N4O4S2. The number of fused-ring (bicyclic) bond motifs is 1. The molecule has 30 heavy (non-hydrogen) atoms. The van der Waals surface area contributed by atoms with Gasteiger partial charge in [-0.2, -0.15) is 0 Å². The first-order valence-corrected chi connectivity index (χ1v) is 10.8. The van der Waals surface area contributed by atoms with Crippen molar-refractivity contribution in [1.82, 2.24) is 14.3 Å². The number of hydrogen-bond acceptors (Lipinski definition) is 8. The van der Waals surface area contributed by atoms with Crippen LogP contribution in [0.25, 0.3) is 11.7 Å². The highest BCUT2D eigenvalue weighted by atomic mass is 32.2. The lowest BCUT2D eigenvalue weighted by atomic mass is 10.2. The van der Waals surface area contributed by atoms with E-state index in [4.69, 9.17) is 26.7 Å². The number of ether oxygens (including phenoxy) is 2. The smallest absolute Gasteiger partial charge is 0.267 e. The summed E-state index contributed by atoms with van der Waals surface area (Å²) < 4.78 is 12.5. The van der Waals surface area contributed by atoms with Gasteiger partial charge in [-0.15, -0.1) is 0 Å². The van der Waals surface area contributed by atoms with Gasteiger partial charge in [-0.1, -0.05) is 30.0 Å². The summed E-state index contributed by atoms with van der Waals surface area (Å²) in [6, 6.07) is 3.75. The van der Waals surface area contributed by atoms with Gasteiger partial charge in [0.25, 0.3) is 11.5 Å². The summed E-state index contributed by atoms with van der Waals surface area (Å²) >= 11 is 6.55. The first kappa shape index (κ1) is 21.0. The average molecular weight is 447 g/mol. The summed E-state index contributed by atoms with van der Waals surface area (Å²) in [7, 11) is 1.58. The van der Waals surface area contributed by atoms with Crippen LogP contribution in [-0.4, -0.2) is 71.1 Å². The van der Waals surface area contributed by atoms with Crippen LogP contribution in [0.5, 0.6) is 0 Å². The van der Waals surface area contributed by atoms with Crippen molar-refractivity contribution < 1.29 is 14.3 Å². The topological polar surface area (TPSA) is 76.4 Å². The van der Waals surface area contributed by atoms with E-state index in [1.165, 1.54) is 21.1 Å². The number of thioether (sulfide) groups is 1. The van der Waals surface area contributed by atoms with Crippen molar-refractivity contribution in [3.63, 3.8) is 0 Å². The summed E-state index contributed by atoms with van der Waals surface area (Å²) in [4.78, 5) is 35.0. The Labute approximate surface area is 183 Å². The fourth-order valence-electron chi connectivity index (χ4n) is 3.40. The van der Waals surface area contributed by atoms with Crippen LogP contribution in [0.2, 0.25) is 0 Å². The maximum atomic E-state index is 13.4. The van der Waals surface area contributed by atoms with Gasteiger partial charge in [0.15, 0.2) is 0 Å². The molecule has 2 aliphatic heterocycles. The van der Waals surface area contributed by atoms with E-state index in [1.807, 2.05) is 24.0 Å². The third kappa shape index (κ3) is 4.00. The Morgan fingerprint density at radius 2 is 2.07 bits per heavy atom. The minimum Gasteiger partial charge on any atom is -0.383 e. The van der Waals surface area contributed by atoms with Gasteiger partial charge in [0.2, 0.25) is 0 Å². The average Bonchev–Trinajstić information content (AvgIpc) is 3.02. The first-order chi connectivity index (χ1) is 14.5. The van der Waals surface area contributed by atoms with Gasteiger partial charge in [0, 0.05) is 26.4 Å². The van der Waals surface area contributed by atoms with Crippen LogP contribution in [0.3, 0.4) is 0 Å². The van der Waals surface area contributed by atoms with Crippen molar-refractivity contribution in [1.29, 1.82) is 0 Å². The molecule has 0 N–H and O–H groups in total. The SMILES string of the molecule is COCCN1C(=O)C(=Cc2c(N3CCOCC3)nc3ccc(C)cn3c2=O)SC1=S. The molecule has 1 amide bonds. The molecule has 4 rings (SSSR count). The number of hydrogen-bond donors (Lipinski definition) is 0. The molecule has 8 nitrogen and oxygen atoms in total. The Bertz CT molecular complexity index is 1090. The fourth-order valence-corrected chi connectivity index (χ4v) is 4.69. The summed E-state index contributed by atoms with van der Waals surface area (Å²) in [5.41, 5.74) is 1.68. The van der Waals surface area contributed by atoms with Crippen molar-refractivity contribution in [3.8, 4) is 0 Å². The van der Waals surface area contributed by atoms with Crippen molar-refractivity contribution >= 4 is 51.7 Å². The van der Waals surface area contributed by atoms with Crippen molar-refractivity contribution in [2.75, 3.05) is 51.5 Å². The number of thiocarbonyl (C=S) groups is 1. The van der Waals surface area contributed by atoms with Crippen molar-refractivity contribution in [3.05, 3.63) is 44.7 Å². The molecule has 0 aromatic carbocycles. The maximum absolute atomic E-state index is 13.4. The van der Waals surface area contributed by atoms with E-state index in [9.17, 15) is 9.59 Å². The zero-order valence-electron chi connectivity index (χ0n) is 16.8. The van der Waals surface area contributed by atoms with Crippen LogP contribution >= 0.6 is 24.0 Å². The number of aryl methyl sites for hydroxylation is 1. The number of pyridine rings is 1. The Balaban J connectivity index is 1.83. The maximum Gasteiger partial charge on any atom is 0.267 e. The molecule has 0 bridgehead atoms. The second-order valence-electron chi connectivity index (χ2n) is 7.01. The predicted molar refractivity (Wildman–Crippen MR) is 121 cm³/mol. The molecule has 2 aromatic rings. The zero-order valence-corrected chi connectivity index (χ0v) is 18.4. The molecule has 0 unspecified atom stereocenters. The molecule has 0 aliphatic carbocycles. The minimum atomic E-state index is -0.219. The van der Waals surface area contributed by atoms with E-state index in [0.29, 0.717) is 65.7 Å². The number of amides is 1. The van der Waals surface area contributed by atoms with E-state index in [2.05, 4.69) is 0 Å². The van der Waals surface area contributed by atoms with Crippen LogP contribution in [-0.2, 0) is 14.3 Å². The molecule has 0 atom stereocenters. The van der Waals surface area contributed by atoms with E-state index in [-0.39, 0.29) is 11.5 Å². The van der Waals surface area contributed by atoms with Crippen molar-refractivity contribution in [2.24, 2.45) is 0 Å². The van der Waals surface area contributed by atoms with E-state index in [0.717, 1.165) is 5.56 Å². The van der Waals surface area contributed by atoms with Gasteiger partial charge in [0.05, 0.1) is 36.8 Å². The standard InChI is InChI=1S/C20H22N4O4S2/c1-13-3-4-16-21-17(22-5-9-28-10-6-22)14(18(25)24(16)12-13)11-15-19(26)23(7-8-27-2)20(29)30-15/h3-4,11-12H,5-10H2,1-2H3. The molecule has 0 radical (unpaired) electrons. The lowest BCUT2D eigenvalue weighted by molar-refractivity contribution is -0.122. The number of nitrogens with zero attached hydrogens (tertiary/aromatic N) is 4. The summed E-state index contributed by atoms with van der Waals surface area (Å²) in [6.07, 6.45) is 3.38. The molecule has 4 heterocycles. The highest BCUT2D eigenvalue weighted by molar-refractivity contribution is 8.26. The number of carbonyl (C=O) groups excluding carboxylic acids is 1. The van der Waals surface area contributed by atoms with Crippen LogP contribution in [0.15, 0.2) is 28.0 Å². The Morgan fingerprint density at radius 3 is 2.80 bits per heavy atom. The normalized spacial score (nSPS) is 18.8. The molecule has 2 fully saturated rings. The second-order valence-corrected chi connectivity index (χ2v) is 8.69. The van der Waals surface area contributed by atoms with Gasteiger partial charge in [-0.25, -0.2) is 4.98 Å². The van der Waals surface area contributed by atoms with Crippen molar-refractivity contribution in [2.45, 2.75) is 6.92 Å². The zero-order chi connectivity index (χ0) is 21.3. The second kappa shape index (κ2) is 8.84. The molecular weight excluding hydrogens is 424 g/mol. The molecule has 0 spiro atoms. The molecule has 158 valence electrons. The van der Waals surface area contributed by atoms with Crippen LogP contribution < -0.4 is 10.5 Å². The Morgan fingerprint density at radius 1 is 1.30 bits per heavy atom. The van der Waals surface area contributed by atoms with Gasteiger partial charge in [-0.3, -0.25) is 18.9 Å². The number of anilines is 1. The third-order valence-corrected chi connectivity index (χ3v) is 6.34. The van der Waals surface area contributed by atoms with Gasteiger partial charge in [0.1, 0.15) is 15.8 Å². The van der Waals surface area contributed by atoms with Gasteiger partial charge < -0.3 is 14.4 Å². The predicted octanol–water partition coefficient (Wildman–Crippen LogP) is 1.69. The third-order valence-electron chi connectivity index (χ3n) is 4.96. The first-order valence-electron chi connectivity index (χ1n) is 9.59. The summed E-state index contributed by atoms with van der Waals surface area (Å²) in [6.45, 7) is 5.07. The fraction of sp³-hybridized carbons (Fsp3) is 0.400. The molecule has 2 aromatic heterocycles. The number of carbonyl (C=O) groups is 1. The van der Waals surface area contributed by atoms with Gasteiger partial charge in [-0.05, 0) is 24.6 Å².